The van der Waals surface area contributed by atoms with Gasteiger partial charge in [0.1, 0.15) is 11.5 Å². The summed E-state index contributed by atoms with van der Waals surface area (Å²) in [5.41, 5.74) is 0.0845. The van der Waals surface area contributed by atoms with Crippen LogP contribution in [0.5, 0.6) is 11.5 Å². The molecule has 0 atom stereocenters. The maximum absolute atomic E-state index is 14.0. The van der Waals surface area contributed by atoms with Crippen LogP contribution in [0.3, 0.4) is 0 Å². The van der Waals surface area contributed by atoms with Gasteiger partial charge in [-0.3, -0.25) is 9.69 Å². The molecule has 174 valence electrons. The summed E-state index contributed by atoms with van der Waals surface area (Å²) in [5, 5.41) is 3.04. The summed E-state index contributed by atoms with van der Waals surface area (Å²) in [4.78, 5) is 30.9. The SMILES string of the molecule is COc1ccc(C2(c3ccc(OC)cc3)NC(=O)N(CN(C)C(C3CC3)C3CC3)C2=O)cc1. The predicted molar refractivity (Wildman–Crippen MR) is 124 cm³/mol. The van der Waals surface area contributed by atoms with E-state index in [-0.39, 0.29) is 18.6 Å². The number of hydrogen-bond acceptors (Lipinski definition) is 5. The van der Waals surface area contributed by atoms with E-state index in [0.29, 0.717) is 40.5 Å². The number of ether oxygens (including phenoxy) is 2. The van der Waals surface area contributed by atoms with E-state index in [4.69, 9.17) is 9.47 Å². The van der Waals surface area contributed by atoms with Crippen molar-refractivity contribution in [1.29, 1.82) is 0 Å². The second-order valence-corrected chi connectivity index (χ2v) is 9.43. The van der Waals surface area contributed by atoms with Crippen molar-refractivity contribution in [2.24, 2.45) is 11.8 Å². The average molecular weight is 450 g/mol. The summed E-state index contributed by atoms with van der Waals surface area (Å²) in [6.07, 6.45) is 4.97. The fraction of sp³-hybridized carbons (Fsp3) is 0.462. The van der Waals surface area contributed by atoms with Crippen LogP contribution in [-0.2, 0) is 10.3 Å². The molecule has 33 heavy (non-hydrogen) atoms. The summed E-state index contributed by atoms with van der Waals surface area (Å²) in [6.45, 7) is 0.288. The van der Waals surface area contributed by atoms with Gasteiger partial charge in [-0.25, -0.2) is 9.69 Å². The number of hydrogen-bond donors (Lipinski definition) is 1. The van der Waals surface area contributed by atoms with Crippen molar-refractivity contribution < 1.29 is 19.1 Å². The van der Waals surface area contributed by atoms with E-state index in [1.807, 2.05) is 55.6 Å². The van der Waals surface area contributed by atoms with Gasteiger partial charge in [-0.1, -0.05) is 24.3 Å². The summed E-state index contributed by atoms with van der Waals surface area (Å²) < 4.78 is 10.6. The molecule has 3 fully saturated rings. The Labute approximate surface area is 194 Å². The third-order valence-corrected chi connectivity index (χ3v) is 7.24. The second kappa shape index (κ2) is 8.37. The molecule has 1 N–H and O–H groups in total. The van der Waals surface area contributed by atoms with Gasteiger partial charge in [-0.15, -0.1) is 0 Å². The van der Waals surface area contributed by atoms with Gasteiger partial charge < -0.3 is 14.8 Å². The zero-order chi connectivity index (χ0) is 23.2. The molecule has 1 saturated heterocycles. The lowest BCUT2D eigenvalue weighted by molar-refractivity contribution is -0.132. The van der Waals surface area contributed by atoms with Crippen LogP contribution in [0, 0.1) is 11.8 Å². The Kier molecular flexibility index (Phi) is 5.52. The van der Waals surface area contributed by atoms with Crippen LogP contribution in [0.4, 0.5) is 4.79 Å². The number of rotatable bonds is 9. The Morgan fingerprint density at radius 2 is 1.36 bits per heavy atom. The highest BCUT2D eigenvalue weighted by Gasteiger charge is 2.54. The van der Waals surface area contributed by atoms with Gasteiger partial charge in [0.15, 0.2) is 5.54 Å². The Hall–Kier alpha value is -3.06. The van der Waals surface area contributed by atoms with E-state index >= 15 is 0 Å². The molecule has 2 aromatic carbocycles. The fourth-order valence-corrected chi connectivity index (χ4v) is 5.24. The summed E-state index contributed by atoms with van der Waals surface area (Å²) in [5.74, 6) is 2.50. The van der Waals surface area contributed by atoms with Crippen molar-refractivity contribution in [3.8, 4) is 11.5 Å². The lowest BCUT2D eigenvalue weighted by Crippen LogP contribution is -2.48. The summed E-state index contributed by atoms with van der Waals surface area (Å²) >= 11 is 0. The number of imide groups is 1. The van der Waals surface area contributed by atoms with E-state index in [1.54, 1.807) is 14.2 Å². The van der Waals surface area contributed by atoms with E-state index in [9.17, 15) is 9.59 Å². The molecule has 2 aromatic rings. The molecule has 0 radical (unpaired) electrons. The molecular weight excluding hydrogens is 418 g/mol. The lowest BCUT2D eigenvalue weighted by atomic mass is 9.82. The highest BCUT2D eigenvalue weighted by atomic mass is 16.5. The van der Waals surface area contributed by atoms with E-state index in [2.05, 4.69) is 10.2 Å². The molecule has 7 nitrogen and oxygen atoms in total. The van der Waals surface area contributed by atoms with Crippen molar-refractivity contribution in [3.63, 3.8) is 0 Å². The molecule has 0 bridgehead atoms. The number of amides is 3. The topological polar surface area (TPSA) is 71.1 Å². The standard InChI is InChI=1S/C26H31N3O4/c1-28(23(17-4-5-17)18-6-7-18)16-29-24(30)26(27-25(29)31,19-8-12-21(32-2)13-9-19)20-10-14-22(33-3)15-11-20/h8-15,17-18,23H,4-7,16H2,1-3H3,(H,27,31). The monoisotopic (exact) mass is 449 g/mol. The first-order valence-electron chi connectivity index (χ1n) is 11.6. The Morgan fingerprint density at radius 1 is 0.909 bits per heavy atom. The third kappa shape index (κ3) is 3.84. The molecule has 0 spiro atoms. The zero-order valence-electron chi connectivity index (χ0n) is 19.4. The van der Waals surface area contributed by atoms with Gasteiger partial charge in [0, 0.05) is 6.04 Å². The number of methoxy groups -OCH3 is 2. The van der Waals surface area contributed by atoms with Crippen LogP contribution in [0.25, 0.3) is 0 Å². The first-order chi connectivity index (χ1) is 16.0. The number of urea groups is 1. The normalized spacial score (nSPS) is 19.8. The number of carbonyl (C=O) groups is 2. The smallest absolute Gasteiger partial charge is 0.326 e. The van der Waals surface area contributed by atoms with Crippen LogP contribution >= 0.6 is 0 Å². The number of nitrogens with one attached hydrogen (secondary N) is 1. The highest BCUT2D eigenvalue weighted by molar-refractivity contribution is 6.09. The molecule has 3 aliphatic rings. The summed E-state index contributed by atoms with van der Waals surface area (Å²) in [7, 11) is 5.25. The van der Waals surface area contributed by atoms with Crippen molar-refractivity contribution in [3.05, 3.63) is 59.7 Å². The van der Waals surface area contributed by atoms with Crippen molar-refractivity contribution >= 4 is 11.9 Å². The van der Waals surface area contributed by atoms with E-state index in [1.165, 1.54) is 30.6 Å². The Bertz CT molecular complexity index is 969. The maximum atomic E-state index is 14.0. The van der Waals surface area contributed by atoms with E-state index in [0.717, 1.165) is 0 Å². The summed E-state index contributed by atoms with van der Waals surface area (Å²) in [6, 6.07) is 14.7. The van der Waals surface area contributed by atoms with Crippen LogP contribution in [-0.4, -0.2) is 55.7 Å². The van der Waals surface area contributed by atoms with Crippen LogP contribution in [0.2, 0.25) is 0 Å². The number of nitrogens with zero attached hydrogens (tertiary/aromatic N) is 2. The molecule has 5 rings (SSSR count). The molecule has 2 aliphatic carbocycles. The lowest BCUT2D eigenvalue weighted by Gasteiger charge is -2.32. The molecular formula is C26H31N3O4. The van der Waals surface area contributed by atoms with Crippen molar-refractivity contribution in [1.82, 2.24) is 15.1 Å². The first kappa shape index (κ1) is 21.8. The van der Waals surface area contributed by atoms with Gasteiger partial charge in [-0.05, 0) is 80.0 Å². The highest BCUT2D eigenvalue weighted by Crippen LogP contribution is 2.47. The molecule has 7 heteroatoms. The Balaban J connectivity index is 1.50. The molecule has 2 saturated carbocycles. The van der Waals surface area contributed by atoms with Gasteiger partial charge in [0.2, 0.25) is 0 Å². The third-order valence-electron chi connectivity index (χ3n) is 7.24. The zero-order valence-corrected chi connectivity index (χ0v) is 19.4. The van der Waals surface area contributed by atoms with Crippen LogP contribution in [0.15, 0.2) is 48.5 Å². The van der Waals surface area contributed by atoms with E-state index < -0.39 is 5.54 Å². The second-order valence-electron chi connectivity index (χ2n) is 9.43. The maximum Gasteiger partial charge on any atom is 0.326 e. The average Bonchev–Trinajstić information content (AvgIpc) is 3.77. The van der Waals surface area contributed by atoms with Gasteiger partial charge in [-0.2, -0.15) is 0 Å². The van der Waals surface area contributed by atoms with Gasteiger partial charge in [0.25, 0.3) is 5.91 Å². The van der Waals surface area contributed by atoms with Crippen molar-refractivity contribution in [2.75, 3.05) is 27.9 Å². The van der Waals surface area contributed by atoms with Crippen LogP contribution in [0.1, 0.15) is 36.8 Å². The number of benzene rings is 2. The van der Waals surface area contributed by atoms with Crippen LogP contribution < -0.4 is 14.8 Å². The minimum atomic E-state index is -1.30. The molecule has 1 aliphatic heterocycles. The quantitative estimate of drug-likeness (QED) is 0.593. The fourth-order valence-electron chi connectivity index (χ4n) is 5.24. The molecule has 0 aromatic heterocycles. The molecule has 3 amide bonds. The number of carbonyl (C=O) groups excluding carboxylic acids is 2. The minimum absolute atomic E-state index is 0.264. The minimum Gasteiger partial charge on any atom is -0.497 e. The predicted octanol–water partition coefficient (Wildman–Crippen LogP) is 3.58. The van der Waals surface area contributed by atoms with Gasteiger partial charge >= 0.3 is 6.03 Å². The van der Waals surface area contributed by atoms with Gasteiger partial charge in [0.05, 0.1) is 20.9 Å². The molecule has 0 unspecified atom stereocenters. The van der Waals surface area contributed by atoms with Crippen molar-refractivity contribution in [2.45, 2.75) is 37.3 Å². The largest absolute Gasteiger partial charge is 0.497 e. The molecule has 1 heterocycles. The Morgan fingerprint density at radius 3 is 1.76 bits per heavy atom. The first-order valence-corrected chi connectivity index (χ1v) is 11.6.